The number of halogens is 6. The summed E-state index contributed by atoms with van der Waals surface area (Å²) >= 11 is 5.26. The average Bonchev–Trinajstić information content (AvgIpc) is 2.18. The molecule has 1 rings (SSSR count). The van der Waals surface area contributed by atoms with E-state index in [1.54, 1.807) is 0 Å². The number of hydrogen-bond acceptors (Lipinski definition) is 2. The molecule has 0 unspecified atom stereocenters. The molecule has 96 valence electrons. The van der Waals surface area contributed by atoms with Gasteiger partial charge in [0.1, 0.15) is 5.69 Å². The van der Waals surface area contributed by atoms with Gasteiger partial charge in [-0.05, 0) is 0 Å². The molecule has 0 saturated carbocycles. The summed E-state index contributed by atoms with van der Waals surface area (Å²) in [6.07, 6.45) is -7.72. The van der Waals surface area contributed by atoms with Crippen molar-refractivity contribution in [1.29, 1.82) is 0 Å². The highest BCUT2D eigenvalue weighted by Crippen LogP contribution is 2.28. The third kappa shape index (κ3) is 3.32. The third-order valence-corrected chi connectivity index (χ3v) is 2.01. The molecule has 0 aliphatic rings. The van der Waals surface area contributed by atoms with Crippen molar-refractivity contribution in [3.8, 4) is 5.75 Å². The standard InChI is InChI=1S/C8H5ClF5NO2/c9-1-3-2-15-4(7(10)11)6(5(3)16)17-8(12,13)14/h2,7H,1H2,(H,15,16). The van der Waals surface area contributed by atoms with Crippen molar-refractivity contribution in [2.24, 2.45) is 0 Å². The van der Waals surface area contributed by atoms with Crippen molar-refractivity contribution in [1.82, 2.24) is 4.98 Å². The van der Waals surface area contributed by atoms with E-state index < -0.39 is 35.5 Å². The van der Waals surface area contributed by atoms with Crippen molar-refractivity contribution >= 4 is 11.6 Å². The molecule has 1 aromatic rings. The van der Waals surface area contributed by atoms with Gasteiger partial charge in [0.2, 0.25) is 11.2 Å². The van der Waals surface area contributed by atoms with Crippen LogP contribution < -0.4 is 10.2 Å². The second-order valence-corrected chi connectivity index (χ2v) is 3.14. The van der Waals surface area contributed by atoms with Gasteiger partial charge in [-0.1, -0.05) is 0 Å². The second kappa shape index (κ2) is 4.91. The van der Waals surface area contributed by atoms with Crippen LogP contribution in [0, 0.1) is 0 Å². The fourth-order valence-electron chi connectivity index (χ4n) is 1.04. The van der Waals surface area contributed by atoms with Gasteiger partial charge in [0.15, 0.2) is 0 Å². The summed E-state index contributed by atoms with van der Waals surface area (Å²) in [6, 6.07) is 0. The van der Waals surface area contributed by atoms with Crippen LogP contribution in [0.3, 0.4) is 0 Å². The Hall–Kier alpha value is -1.31. The first kappa shape index (κ1) is 13.8. The van der Waals surface area contributed by atoms with Crippen LogP contribution in [0.4, 0.5) is 22.0 Å². The minimum Gasteiger partial charge on any atom is -0.399 e. The highest BCUT2D eigenvalue weighted by Gasteiger charge is 2.35. The van der Waals surface area contributed by atoms with Crippen LogP contribution in [-0.2, 0) is 5.88 Å². The average molecular weight is 278 g/mol. The second-order valence-electron chi connectivity index (χ2n) is 2.87. The highest BCUT2D eigenvalue weighted by molar-refractivity contribution is 6.17. The molecule has 17 heavy (non-hydrogen) atoms. The van der Waals surface area contributed by atoms with E-state index in [-0.39, 0.29) is 5.56 Å². The Labute approximate surface area is 96.2 Å². The molecule has 1 aromatic heterocycles. The first-order chi connectivity index (χ1) is 7.76. The van der Waals surface area contributed by atoms with Gasteiger partial charge in [0.05, 0.1) is 5.88 Å². The Balaban J connectivity index is 3.35. The largest absolute Gasteiger partial charge is 0.573 e. The van der Waals surface area contributed by atoms with Gasteiger partial charge in [0, 0.05) is 11.8 Å². The summed E-state index contributed by atoms with van der Waals surface area (Å²) in [4.78, 5) is 13.2. The maximum Gasteiger partial charge on any atom is 0.573 e. The van der Waals surface area contributed by atoms with Crippen LogP contribution in [0.5, 0.6) is 5.75 Å². The van der Waals surface area contributed by atoms with Gasteiger partial charge in [-0.25, -0.2) is 8.78 Å². The minimum atomic E-state index is -5.23. The van der Waals surface area contributed by atoms with Crippen molar-refractivity contribution in [2.45, 2.75) is 18.7 Å². The van der Waals surface area contributed by atoms with Gasteiger partial charge in [0.25, 0.3) is 6.43 Å². The number of aromatic amines is 1. The summed E-state index contributed by atoms with van der Waals surface area (Å²) in [5, 5.41) is 0. The number of pyridine rings is 1. The topological polar surface area (TPSA) is 42.1 Å². The Morgan fingerprint density at radius 3 is 2.41 bits per heavy atom. The van der Waals surface area contributed by atoms with Crippen molar-refractivity contribution in [2.75, 3.05) is 0 Å². The fourth-order valence-corrected chi connectivity index (χ4v) is 1.24. The van der Waals surface area contributed by atoms with Gasteiger partial charge in [-0.2, -0.15) is 0 Å². The highest BCUT2D eigenvalue weighted by atomic mass is 35.5. The van der Waals surface area contributed by atoms with Crippen LogP contribution in [-0.4, -0.2) is 11.3 Å². The molecule has 0 aromatic carbocycles. The molecule has 1 N–H and O–H groups in total. The number of rotatable bonds is 3. The Bertz CT molecular complexity index is 456. The number of hydrogen-bond donors (Lipinski definition) is 1. The smallest absolute Gasteiger partial charge is 0.399 e. The molecule has 3 nitrogen and oxygen atoms in total. The minimum absolute atomic E-state index is 0.296. The molecule has 0 amide bonds. The lowest BCUT2D eigenvalue weighted by Gasteiger charge is -2.12. The van der Waals surface area contributed by atoms with E-state index in [4.69, 9.17) is 11.6 Å². The quantitative estimate of drug-likeness (QED) is 0.682. The summed E-state index contributed by atoms with van der Waals surface area (Å²) < 4.78 is 63.9. The lowest BCUT2D eigenvalue weighted by molar-refractivity contribution is -0.275. The van der Waals surface area contributed by atoms with E-state index in [9.17, 15) is 26.7 Å². The van der Waals surface area contributed by atoms with Gasteiger partial charge in [-0.15, -0.1) is 24.8 Å². The molecule has 0 atom stereocenters. The number of nitrogens with one attached hydrogen (secondary N) is 1. The van der Waals surface area contributed by atoms with Gasteiger partial charge < -0.3 is 9.72 Å². The van der Waals surface area contributed by atoms with E-state index in [1.807, 2.05) is 4.98 Å². The van der Waals surface area contributed by atoms with Crippen LogP contribution in [0.1, 0.15) is 17.7 Å². The first-order valence-electron chi connectivity index (χ1n) is 4.10. The zero-order valence-corrected chi connectivity index (χ0v) is 8.70. The van der Waals surface area contributed by atoms with Gasteiger partial charge >= 0.3 is 6.36 Å². The number of alkyl halides is 6. The summed E-state index contributed by atoms with van der Waals surface area (Å²) in [7, 11) is 0. The van der Waals surface area contributed by atoms with E-state index >= 15 is 0 Å². The maximum atomic E-state index is 12.4. The molecular formula is C8H5ClF5NO2. The predicted molar refractivity (Wildman–Crippen MR) is 48.3 cm³/mol. The molecule has 0 fully saturated rings. The summed E-state index contributed by atoms with van der Waals surface area (Å²) in [6.45, 7) is 0. The van der Waals surface area contributed by atoms with Crippen LogP contribution in [0.15, 0.2) is 11.0 Å². The Morgan fingerprint density at radius 1 is 1.41 bits per heavy atom. The first-order valence-corrected chi connectivity index (χ1v) is 4.64. The zero-order chi connectivity index (χ0) is 13.2. The Morgan fingerprint density at radius 2 is 2.00 bits per heavy atom. The molecule has 0 spiro atoms. The zero-order valence-electron chi connectivity index (χ0n) is 7.95. The normalized spacial score (nSPS) is 11.9. The molecule has 0 aliphatic carbocycles. The van der Waals surface area contributed by atoms with E-state index in [2.05, 4.69) is 4.74 Å². The maximum absolute atomic E-state index is 12.4. The van der Waals surface area contributed by atoms with E-state index in [1.165, 1.54) is 0 Å². The molecule has 0 bridgehead atoms. The van der Waals surface area contributed by atoms with Crippen LogP contribution >= 0.6 is 11.6 Å². The van der Waals surface area contributed by atoms with E-state index in [0.29, 0.717) is 0 Å². The molecular weight excluding hydrogens is 273 g/mol. The lowest BCUT2D eigenvalue weighted by atomic mass is 10.2. The molecule has 1 heterocycles. The monoisotopic (exact) mass is 277 g/mol. The SMILES string of the molecule is O=c1c(CCl)c[nH]c(C(F)F)c1OC(F)(F)F. The summed E-state index contributed by atoms with van der Waals surface area (Å²) in [5.74, 6) is -1.90. The molecule has 9 heteroatoms. The Kier molecular flexibility index (Phi) is 3.97. The van der Waals surface area contributed by atoms with Crippen molar-refractivity contribution < 1.29 is 26.7 Å². The number of H-pyrrole nitrogens is 1. The van der Waals surface area contributed by atoms with Crippen molar-refractivity contribution in [3.05, 3.63) is 27.7 Å². The number of ether oxygens (including phenoxy) is 1. The molecule has 0 saturated heterocycles. The molecule has 0 aliphatic heterocycles. The third-order valence-electron chi connectivity index (χ3n) is 1.72. The summed E-state index contributed by atoms with van der Waals surface area (Å²) in [5.41, 5.74) is -2.84. The van der Waals surface area contributed by atoms with Gasteiger partial charge in [-0.3, -0.25) is 4.79 Å². The lowest BCUT2D eigenvalue weighted by Crippen LogP contribution is -2.25. The molecule has 0 radical (unpaired) electrons. The van der Waals surface area contributed by atoms with Crippen LogP contribution in [0.25, 0.3) is 0 Å². The fraction of sp³-hybridized carbons (Fsp3) is 0.375. The number of aromatic nitrogens is 1. The predicted octanol–water partition coefficient (Wildman–Crippen LogP) is 2.95. The van der Waals surface area contributed by atoms with E-state index in [0.717, 1.165) is 6.20 Å². The van der Waals surface area contributed by atoms with Crippen LogP contribution in [0.2, 0.25) is 0 Å². The van der Waals surface area contributed by atoms with Crippen molar-refractivity contribution in [3.63, 3.8) is 0 Å².